The van der Waals surface area contributed by atoms with Gasteiger partial charge in [0.15, 0.2) is 0 Å². The molecule has 2 amide bonds. The first-order valence-electron chi connectivity index (χ1n) is 8.69. The minimum Gasteiger partial charge on any atom is -0.495 e. The number of carbonyl (C=O) groups excluding carboxylic acids is 2. The Morgan fingerprint density at radius 3 is 2.65 bits per heavy atom. The molecule has 0 saturated carbocycles. The van der Waals surface area contributed by atoms with E-state index in [0.29, 0.717) is 24.5 Å². The van der Waals surface area contributed by atoms with E-state index in [1.54, 1.807) is 12.0 Å². The summed E-state index contributed by atoms with van der Waals surface area (Å²) in [5.41, 5.74) is 7.12. The van der Waals surface area contributed by atoms with Gasteiger partial charge in [-0.15, -0.1) is 12.4 Å². The van der Waals surface area contributed by atoms with Crippen molar-refractivity contribution < 1.29 is 14.3 Å². The van der Waals surface area contributed by atoms with Crippen LogP contribution in [0.15, 0.2) is 18.2 Å². The molecular formula is C19H30ClN3O3. The second-order valence-corrected chi connectivity index (χ2v) is 7.35. The molecule has 146 valence electrons. The third-order valence-corrected chi connectivity index (χ3v) is 5.23. The van der Waals surface area contributed by atoms with Crippen LogP contribution >= 0.6 is 12.4 Å². The summed E-state index contributed by atoms with van der Waals surface area (Å²) in [6, 6.07) is 5.69. The normalized spacial score (nSPS) is 19.1. The Morgan fingerprint density at radius 1 is 1.46 bits per heavy atom. The number of rotatable bonds is 6. The number of nitrogens with one attached hydrogen (secondary N) is 1. The smallest absolute Gasteiger partial charge is 0.227 e. The maximum absolute atomic E-state index is 12.7. The SMILES string of the molecule is COc1ccc(C)cc1N1CC(C(=O)NC(C)(CN)C(C)C)CC1=O.Cl. The van der Waals surface area contributed by atoms with E-state index < -0.39 is 5.54 Å². The van der Waals surface area contributed by atoms with Crippen molar-refractivity contribution >= 4 is 29.9 Å². The molecule has 0 aromatic heterocycles. The molecule has 1 aromatic rings. The molecule has 2 rings (SSSR count). The summed E-state index contributed by atoms with van der Waals surface area (Å²) in [4.78, 5) is 26.8. The lowest BCUT2D eigenvalue weighted by Crippen LogP contribution is -2.56. The Balaban J connectivity index is 0.00000338. The average molecular weight is 384 g/mol. The molecule has 1 aliphatic heterocycles. The number of hydrogen-bond acceptors (Lipinski definition) is 4. The van der Waals surface area contributed by atoms with Gasteiger partial charge in [-0.2, -0.15) is 0 Å². The fourth-order valence-corrected chi connectivity index (χ4v) is 2.94. The number of ether oxygens (including phenoxy) is 1. The van der Waals surface area contributed by atoms with Crippen LogP contribution in [0.1, 0.15) is 32.8 Å². The van der Waals surface area contributed by atoms with Crippen molar-refractivity contribution in [3.8, 4) is 5.75 Å². The first kappa shape index (κ1) is 22.3. The number of methoxy groups -OCH3 is 1. The number of amides is 2. The fourth-order valence-electron chi connectivity index (χ4n) is 2.94. The van der Waals surface area contributed by atoms with Crippen molar-refractivity contribution in [3.05, 3.63) is 23.8 Å². The van der Waals surface area contributed by atoms with Gasteiger partial charge < -0.3 is 20.7 Å². The molecule has 1 fully saturated rings. The third-order valence-electron chi connectivity index (χ3n) is 5.23. The Kier molecular flexibility index (Phi) is 7.47. The van der Waals surface area contributed by atoms with E-state index in [1.807, 2.05) is 45.9 Å². The maximum Gasteiger partial charge on any atom is 0.227 e. The van der Waals surface area contributed by atoms with Crippen LogP contribution in [0, 0.1) is 18.8 Å². The number of carbonyl (C=O) groups is 2. The lowest BCUT2D eigenvalue weighted by molar-refractivity contribution is -0.128. The summed E-state index contributed by atoms with van der Waals surface area (Å²) in [6.45, 7) is 8.65. The number of halogens is 1. The number of anilines is 1. The fraction of sp³-hybridized carbons (Fsp3) is 0.579. The van der Waals surface area contributed by atoms with E-state index in [1.165, 1.54) is 0 Å². The summed E-state index contributed by atoms with van der Waals surface area (Å²) >= 11 is 0. The quantitative estimate of drug-likeness (QED) is 0.789. The zero-order valence-corrected chi connectivity index (χ0v) is 17.0. The van der Waals surface area contributed by atoms with Gasteiger partial charge in [-0.25, -0.2) is 0 Å². The van der Waals surface area contributed by atoms with Crippen LogP contribution in [0.2, 0.25) is 0 Å². The lowest BCUT2D eigenvalue weighted by atomic mass is 9.87. The predicted octanol–water partition coefficient (Wildman–Crippen LogP) is 2.27. The monoisotopic (exact) mass is 383 g/mol. The predicted molar refractivity (Wildman–Crippen MR) is 106 cm³/mol. The highest BCUT2D eigenvalue weighted by Crippen LogP contribution is 2.34. The summed E-state index contributed by atoms with van der Waals surface area (Å²) < 4.78 is 5.38. The Morgan fingerprint density at radius 2 is 2.12 bits per heavy atom. The van der Waals surface area contributed by atoms with Gasteiger partial charge in [0.25, 0.3) is 0 Å². The third kappa shape index (κ3) is 4.48. The van der Waals surface area contributed by atoms with Crippen molar-refractivity contribution in [2.75, 3.05) is 25.1 Å². The minimum absolute atomic E-state index is 0. The van der Waals surface area contributed by atoms with Gasteiger partial charge in [0.05, 0.1) is 24.3 Å². The van der Waals surface area contributed by atoms with E-state index >= 15 is 0 Å². The van der Waals surface area contributed by atoms with Gasteiger partial charge in [0, 0.05) is 19.5 Å². The average Bonchev–Trinajstić information content (AvgIpc) is 2.96. The molecule has 1 aromatic carbocycles. The van der Waals surface area contributed by atoms with Gasteiger partial charge in [0.1, 0.15) is 5.75 Å². The molecule has 1 aliphatic rings. The Bertz CT molecular complexity index is 665. The second kappa shape index (κ2) is 8.73. The van der Waals surface area contributed by atoms with Gasteiger partial charge >= 0.3 is 0 Å². The summed E-state index contributed by atoms with van der Waals surface area (Å²) in [5.74, 6) is 0.259. The maximum atomic E-state index is 12.7. The largest absolute Gasteiger partial charge is 0.495 e. The molecule has 2 atom stereocenters. The minimum atomic E-state index is -0.478. The highest BCUT2D eigenvalue weighted by Gasteiger charge is 2.39. The number of nitrogens with two attached hydrogens (primary N) is 1. The van der Waals surface area contributed by atoms with Crippen molar-refractivity contribution in [1.29, 1.82) is 0 Å². The highest BCUT2D eigenvalue weighted by molar-refractivity contribution is 6.01. The first-order chi connectivity index (χ1) is 11.7. The number of benzene rings is 1. The number of aryl methyl sites for hydroxylation is 1. The molecule has 1 heterocycles. The number of hydrogen-bond donors (Lipinski definition) is 2. The van der Waals surface area contributed by atoms with Crippen molar-refractivity contribution in [2.24, 2.45) is 17.6 Å². The summed E-state index contributed by atoms with van der Waals surface area (Å²) in [7, 11) is 1.58. The van der Waals surface area contributed by atoms with E-state index in [9.17, 15) is 9.59 Å². The molecule has 0 spiro atoms. The zero-order valence-electron chi connectivity index (χ0n) is 16.2. The highest BCUT2D eigenvalue weighted by atomic mass is 35.5. The molecule has 7 heteroatoms. The summed E-state index contributed by atoms with van der Waals surface area (Å²) in [6.07, 6.45) is 0.196. The summed E-state index contributed by atoms with van der Waals surface area (Å²) in [5, 5.41) is 3.04. The van der Waals surface area contributed by atoms with Crippen molar-refractivity contribution in [3.63, 3.8) is 0 Å². The van der Waals surface area contributed by atoms with E-state index in [-0.39, 0.29) is 42.5 Å². The van der Waals surface area contributed by atoms with Crippen LogP contribution in [-0.4, -0.2) is 37.6 Å². The standard InChI is InChI=1S/C19H29N3O3.ClH/c1-12(2)19(4,11-20)21-18(24)14-9-17(23)22(10-14)15-8-13(3)6-7-16(15)25-5;/h6-8,12,14H,9-11,20H2,1-5H3,(H,21,24);1H. The topological polar surface area (TPSA) is 84.7 Å². The van der Waals surface area contributed by atoms with Crippen LogP contribution in [0.3, 0.4) is 0 Å². The van der Waals surface area contributed by atoms with Crippen LogP contribution in [0.5, 0.6) is 5.75 Å². The lowest BCUT2D eigenvalue weighted by Gasteiger charge is -2.34. The molecule has 0 bridgehead atoms. The first-order valence-corrected chi connectivity index (χ1v) is 8.69. The van der Waals surface area contributed by atoms with E-state index in [4.69, 9.17) is 10.5 Å². The second-order valence-electron chi connectivity index (χ2n) is 7.35. The van der Waals surface area contributed by atoms with Crippen LogP contribution in [0.25, 0.3) is 0 Å². The molecule has 0 radical (unpaired) electrons. The Hall–Kier alpha value is -1.79. The van der Waals surface area contributed by atoms with Crippen molar-refractivity contribution in [2.45, 2.75) is 39.7 Å². The molecule has 2 unspecified atom stereocenters. The van der Waals surface area contributed by atoms with E-state index in [0.717, 1.165) is 5.56 Å². The van der Waals surface area contributed by atoms with Gasteiger partial charge in [0.2, 0.25) is 11.8 Å². The van der Waals surface area contributed by atoms with Crippen LogP contribution in [-0.2, 0) is 9.59 Å². The van der Waals surface area contributed by atoms with Crippen molar-refractivity contribution in [1.82, 2.24) is 5.32 Å². The molecule has 0 aliphatic carbocycles. The zero-order chi connectivity index (χ0) is 18.8. The molecular weight excluding hydrogens is 354 g/mol. The molecule has 26 heavy (non-hydrogen) atoms. The number of nitrogens with zero attached hydrogens (tertiary/aromatic N) is 1. The molecule has 1 saturated heterocycles. The Labute approximate surface area is 161 Å². The molecule has 6 nitrogen and oxygen atoms in total. The van der Waals surface area contributed by atoms with Crippen LogP contribution in [0.4, 0.5) is 5.69 Å². The van der Waals surface area contributed by atoms with Gasteiger partial charge in [-0.1, -0.05) is 19.9 Å². The molecule has 3 N–H and O–H groups in total. The van der Waals surface area contributed by atoms with Gasteiger partial charge in [-0.05, 0) is 37.5 Å². The van der Waals surface area contributed by atoms with Crippen LogP contribution < -0.4 is 20.7 Å². The van der Waals surface area contributed by atoms with E-state index in [2.05, 4.69) is 5.32 Å². The van der Waals surface area contributed by atoms with Gasteiger partial charge in [-0.3, -0.25) is 9.59 Å².